The number of amides is 4. The zero-order valence-electron chi connectivity index (χ0n) is 25.7. The van der Waals surface area contributed by atoms with Gasteiger partial charge in [0.25, 0.3) is 0 Å². The summed E-state index contributed by atoms with van der Waals surface area (Å²) in [6.07, 6.45) is 4.47. The summed E-state index contributed by atoms with van der Waals surface area (Å²) in [5.41, 5.74) is 13.0. The molecule has 11 N–H and O–H groups in total. The number of aromatic amines is 1. The monoisotopic (exact) mass is 630 g/mol. The summed E-state index contributed by atoms with van der Waals surface area (Å²) in [6.45, 7) is 3.35. The highest BCUT2D eigenvalue weighted by molar-refractivity contribution is 5.95. The number of benzene rings is 1. The number of unbranched alkanes of at least 4 members (excludes halogenated alkanes) is 1. The number of aliphatic carboxylic acids is 1. The van der Waals surface area contributed by atoms with Crippen LogP contribution in [0.5, 0.6) is 0 Å². The molecule has 5 atom stereocenters. The smallest absolute Gasteiger partial charge is 0.328 e. The molecule has 0 saturated heterocycles. The number of aliphatic hydroxyl groups excluding tert-OH is 1. The molecule has 4 amide bonds. The number of nitrogens with one attached hydrogen (secondary N) is 5. The number of hydrogen-bond donors (Lipinski definition) is 9. The molecule has 15 nitrogen and oxygen atoms in total. The number of carboxylic acids is 1. The maximum Gasteiger partial charge on any atom is 0.328 e. The van der Waals surface area contributed by atoms with Gasteiger partial charge in [-0.1, -0.05) is 44.2 Å². The highest BCUT2D eigenvalue weighted by atomic mass is 16.4. The van der Waals surface area contributed by atoms with Gasteiger partial charge in [-0.3, -0.25) is 19.2 Å². The van der Waals surface area contributed by atoms with Crippen molar-refractivity contribution in [2.45, 2.75) is 82.6 Å². The highest BCUT2D eigenvalue weighted by Gasteiger charge is 2.32. The Morgan fingerprint density at radius 2 is 1.42 bits per heavy atom. The predicted octanol–water partition coefficient (Wildman–Crippen LogP) is -1.29. The van der Waals surface area contributed by atoms with Gasteiger partial charge in [-0.2, -0.15) is 0 Å². The van der Waals surface area contributed by atoms with Crippen molar-refractivity contribution >= 4 is 29.6 Å². The van der Waals surface area contributed by atoms with Crippen LogP contribution in [0.2, 0.25) is 0 Å². The Bertz CT molecular complexity index is 1230. The summed E-state index contributed by atoms with van der Waals surface area (Å²) in [6, 6.07) is 3.13. The van der Waals surface area contributed by atoms with Crippen LogP contribution in [0.25, 0.3) is 0 Å². The lowest BCUT2D eigenvalue weighted by Crippen LogP contribution is -2.59. The van der Waals surface area contributed by atoms with E-state index in [0.29, 0.717) is 31.5 Å². The lowest BCUT2D eigenvalue weighted by Gasteiger charge is -2.26. The SMILES string of the molecule is CC(C)C[C@H](N)C(=O)N[C@@H](Cc1ccccc1)C(=O)N[C@@H](CCCCN)C(=O)N[C@@H](Cc1cnc[nH]1)C(=O)N[C@@H](CO)C(=O)O. The van der Waals surface area contributed by atoms with E-state index < -0.39 is 66.4 Å². The first-order valence-electron chi connectivity index (χ1n) is 15.0. The van der Waals surface area contributed by atoms with Crippen LogP contribution in [0.3, 0.4) is 0 Å². The molecular weight excluding hydrogens is 584 g/mol. The second kappa shape index (κ2) is 19.1. The van der Waals surface area contributed by atoms with Gasteiger partial charge in [-0.25, -0.2) is 9.78 Å². The van der Waals surface area contributed by atoms with E-state index in [-0.39, 0.29) is 25.2 Å². The molecule has 1 aromatic heterocycles. The van der Waals surface area contributed by atoms with Crippen LogP contribution in [-0.2, 0) is 36.8 Å². The Hall–Kier alpha value is -4.34. The fourth-order valence-corrected chi connectivity index (χ4v) is 4.54. The molecule has 0 aliphatic carbocycles. The van der Waals surface area contributed by atoms with Crippen molar-refractivity contribution in [3.63, 3.8) is 0 Å². The Morgan fingerprint density at radius 1 is 0.844 bits per heavy atom. The summed E-state index contributed by atoms with van der Waals surface area (Å²) < 4.78 is 0. The first kappa shape index (κ1) is 36.8. The molecule has 0 radical (unpaired) electrons. The van der Waals surface area contributed by atoms with Gasteiger partial charge in [-0.15, -0.1) is 0 Å². The number of hydrogen-bond acceptors (Lipinski definition) is 9. The van der Waals surface area contributed by atoms with Crippen molar-refractivity contribution in [3.05, 3.63) is 54.1 Å². The lowest BCUT2D eigenvalue weighted by atomic mass is 10.0. The zero-order valence-corrected chi connectivity index (χ0v) is 25.7. The Kier molecular flexibility index (Phi) is 15.7. The number of H-pyrrole nitrogens is 1. The van der Waals surface area contributed by atoms with Gasteiger partial charge in [-0.05, 0) is 43.7 Å². The van der Waals surface area contributed by atoms with Crippen LogP contribution in [0.15, 0.2) is 42.9 Å². The van der Waals surface area contributed by atoms with Crippen molar-refractivity contribution in [1.29, 1.82) is 0 Å². The van der Waals surface area contributed by atoms with Gasteiger partial charge in [0.2, 0.25) is 23.6 Å². The van der Waals surface area contributed by atoms with Crippen LogP contribution in [0.1, 0.15) is 50.8 Å². The van der Waals surface area contributed by atoms with Crippen molar-refractivity contribution in [3.8, 4) is 0 Å². The van der Waals surface area contributed by atoms with Gasteiger partial charge in [0, 0.05) is 24.7 Å². The molecule has 0 aliphatic rings. The third kappa shape index (κ3) is 13.0. The first-order chi connectivity index (χ1) is 21.4. The van der Waals surface area contributed by atoms with Gasteiger partial charge in [0.05, 0.1) is 19.0 Å². The maximum atomic E-state index is 13.7. The van der Waals surface area contributed by atoms with Gasteiger partial charge >= 0.3 is 5.97 Å². The number of aromatic nitrogens is 2. The number of aliphatic hydroxyl groups is 1. The standard InChI is InChI=1S/C30H46N8O7/c1-18(2)12-21(32)26(40)36-23(13-19-8-4-3-5-9-19)28(42)35-22(10-6-7-11-31)27(41)37-24(14-20-15-33-17-34-20)29(43)38-25(16-39)30(44)45/h3-5,8-9,15,17-18,21-25,39H,6-7,10-14,16,31-32H2,1-2H3,(H,33,34)(H,35,42)(H,36,40)(H,37,41)(H,38,43)(H,44,45)/t21-,22-,23-,24-,25-/m0/s1. The minimum Gasteiger partial charge on any atom is -0.480 e. The van der Waals surface area contributed by atoms with E-state index in [1.54, 1.807) is 24.3 Å². The molecule has 0 unspecified atom stereocenters. The van der Waals surface area contributed by atoms with E-state index in [2.05, 4.69) is 31.2 Å². The molecule has 0 fully saturated rings. The molecule has 0 spiro atoms. The third-order valence-corrected chi connectivity index (χ3v) is 6.97. The number of carbonyl (C=O) groups is 5. The second-order valence-corrected chi connectivity index (χ2v) is 11.3. The van der Waals surface area contributed by atoms with Crippen LogP contribution in [0.4, 0.5) is 0 Å². The van der Waals surface area contributed by atoms with Crippen molar-refractivity contribution in [1.82, 2.24) is 31.2 Å². The number of carbonyl (C=O) groups excluding carboxylic acids is 4. The van der Waals surface area contributed by atoms with Gasteiger partial charge in [0.15, 0.2) is 0 Å². The Morgan fingerprint density at radius 3 is 1.98 bits per heavy atom. The van der Waals surface area contributed by atoms with Crippen LogP contribution in [0, 0.1) is 5.92 Å². The molecule has 2 aromatic rings. The average molecular weight is 631 g/mol. The molecule has 2 rings (SSSR count). The van der Waals surface area contributed by atoms with Crippen LogP contribution < -0.4 is 32.7 Å². The van der Waals surface area contributed by atoms with Crippen molar-refractivity contribution in [2.75, 3.05) is 13.2 Å². The summed E-state index contributed by atoms with van der Waals surface area (Å²) in [7, 11) is 0. The van der Waals surface area contributed by atoms with Crippen LogP contribution >= 0.6 is 0 Å². The third-order valence-electron chi connectivity index (χ3n) is 6.97. The predicted molar refractivity (Wildman–Crippen MR) is 165 cm³/mol. The molecular formula is C30H46N8O7. The molecule has 1 heterocycles. The second-order valence-electron chi connectivity index (χ2n) is 11.3. The summed E-state index contributed by atoms with van der Waals surface area (Å²) in [5.74, 6) is -4.01. The zero-order chi connectivity index (χ0) is 33.4. The van der Waals surface area contributed by atoms with E-state index in [0.717, 1.165) is 5.56 Å². The normalized spacial score (nSPS) is 14.4. The minimum absolute atomic E-state index is 0.0841. The summed E-state index contributed by atoms with van der Waals surface area (Å²) >= 11 is 0. The molecule has 248 valence electrons. The lowest BCUT2D eigenvalue weighted by molar-refractivity contribution is -0.143. The van der Waals surface area contributed by atoms with E-state index in [1.807, 2.05) is 19.9 Å². The van der Waals surface area contributed by atoms with E-state index in [4.69, 9.17) is 11.5 Å². The van der Waals surface area contributed by atoms with Crippen molar-refractivity contribution in [2.24, 2.45) is 17.4 Å². The van der Waals surface area contributed by atoms with Gasteiger partial charge in [0.1, 0.15) is 24.2 Å². The number of nitrogens with zero attached hydrogens (tertiary/aromatic N) is 1. The largest absolute Gasteiger partial charge is 0.480 e. The molecule has 45 heavy (non-hydrogen) atoms. The van der Waals surface area contributed by atoms with Gasteiger partial charge < -0.3 is 47.9 Å². The topological polar surface area (TPSA) is 255 Å². The number of carboxylic acid groups (broad SMARTS) is 1. The molecule has 0 bridgehead atoms. The van der Waals surface area contributed by atoms with Crippen LogP contribution in [-0.4, -0.2) is 93.1 Å². The number of rotatable bonds is 20. The Balaban J connectivity index is 2.29. The molecule has 0 saturated carbocycles. The van der Waals surface area contributed by atoms with E-state index >= 15 is 0 Å². The number of imidazole rings is 1. The number of nitrogens with two attached hydrogens (primary N) is 2. The molecule has 15 heteroatoms. The summed E-state index contributed by atoms with van der Waals surface area (Å²) in [4.78, 5) is 71.4. The Labute approximate surface area is 262 Å². The average Bonchev–Trinajstić information content (AvgIpc) is 3.51. The van der Waals surface area contributed by atoms with E-state index in [9.17, 15) is 34.2 Å². The highest BCUT2D eigenvalue weighted by Crippen LogP contribution is 2.09. The molecule has 0 aliphatic heterocycles. The van der Waals surface area contributed by atoms with E-state index in [1.165, 1.54) is 12.5 Å². The van der Waals surface area contributed by atoms with Crippen molar-refractivity contribution < 1.29 is 34.2 Å². The minimum atomic E-state index is -1.59. The fraction of sp³-hybridized carbons (Fsp3) is 0.533. The summed E-state index contributed by atoms with van der Waals surface area (Å²) in [5, 5.41) is 28.9. The maximum absolute atomic E-state index is 13.7. The fourth-order valence-electron chi connectivity index (χ4n) is 4.54. The quantitative estimate of drug-likeness (QED) is 0.0783. The first-order valence-corrected chi connectivity index (χ1v) is 15.0. The molecule has 1 aromatic carbocycles.